The van der Waals surface area contributed by atoms with Crippen LogP contribution in [0.5, 0.6) is 0 Å². The molecule has 2 aromatic rings. The minimum atomic E-state index is -1.23. The quantitative estimate of drug-likeness (QED) is 0.636. The number of aliphatic hydroxyl groups excluding tert-OH is 2. The smallest absolute Gasteiger partial charge is 0.254 e. The van der Waals surface area contributed by atoms with E-state index in [2.05, 4.69) is 0 Å². The minimum Gasteiger partial charge on any atom is -0.381 e. The Balaban J connectivity index is 1.40. The normalized spacial score (nSPS) is 33.1. The lowest BCUT2D eigenvalue weighted by Gasteiger charge is -2.52. The maximum Gasteiger partial charge on any atom is 0.254 e. The number of carbonyl (C=O) groups is 2. The van der Waals surface area contributed by atoms with Crippen LogP contribution in [0.3, 0.4) is 0 Å². The summed E-state index contributed by atoms with van der Waals surface area (Å²) in [5.74, 6) is -1.74. The van der Waals surface area contributed by atoms with Gasteiger partial charge in [-0.25, -0.2) is 0 Å². The van der Waals surface area contributed by atoms with E-state index in [4.69, 9.17) is 9.47 Å². The van der Waals surface area contributed by atoms with Crippen LogP contribution < -0.4 is 0 Å². The predicted octanol–water partition coefficient (Wildman–Crippen LogP) is 1.05. The van der Waals surface area contributed by atoms with Crippen LogP contribution in [0.1, 0.15) is 25.0 Å². The molecule has 6 atom stereocenters. The molecule has 8 nitrogen and oxygen atoms in total. The van der Waals surface area contributed by atoms with E-state index < -0.39 is 42.3 Å². The average molecular weight is 453 g/mol. The van der Waals surface area contributed by atoms with Crippen LogP contribution >= 0.6 is 0 Å². The second-order valence-corrected chi connectivity index (χ2v) is 9.34. The fourth-order valence-corrected chi connectivity index (χ4v) is 5.09. The van der Waals surface area contributed by atoms with Crippen molar-refractivity contribution in [3.8, 4) is 0 Å². The Bertz CT molecular complexity index is 948. The molecule has 0 unspecified atom stereocenters. The Morgan fingerprint density at radius 1 is 0.727 bits per heavy atom. The van der Waals surface area contributed by atoms with Crippen LogP contribution in [-0.2, 0) is 32.2 Å². The van der Waals surface area contributed by atoms with Crippen LogP contribution in [0, 0.1) is 0 Å². The summed E-state index contributed by atoms with van der Waals surface area (Å²) in [5.41, 5.74) is 1.86. The first-order valence-electron chi connectivity index (χ1n) is 11.2. The van der Waals surface area contributed by atoms with Gasteiger partial charge in [-0.2, -0.15) is 0 Å². The number of rotatable bonds is 6. The first-order valence-corrected chi connectivity index (χ1v) is 11.2. The van der Waals surface area contributed by atoms with Gasteiger partial charge in [-0.3, -0.25) is 9.59 Å². The Hall–Kier alpha value is -2.78. The predicted molar refractivity (Wildman–Crippen MR) is 117 cm³/mol. The van der Waals surface area contributed by atoms with Crippen molar-refractivity contribution in [2.24, 2.45) is 0 Å². The number of likely N-dealkylation sites (tertiary alicyclic amines) is 2. The average Bonchev–Trinajstić information content (AvgIpc) is 3.12. The first kappa shape index (κ1) is 22.0. The molecule has 2 N–H and O–H groups in total. The van der Waals surface area contributed by atoms with Crippen molar-refractivity contribution in [1.82, 2.24) is 9.80 Å². The fraction of sp³-hybridized carbons (Fsp3) is 0.440. The molecule has 0 aromatic heterocycles. The minimum absolute atomic E-state index is 0.328. The van der Waals surface area contributed by atoms with Crippen molar-refractivity contribution in [3.05, 3.63) is 71.8 Å². The second kappa shape index (κ2) is 8.22. The van der Waals surface area contributed by atoms with Gasteiger partial charge in [0, 0.05) is 13.1 Å². The van der Waals surface area contributed by atoms with Crippen LogP contribution in [-0.4, -0.2) is 74.1 Å². The molecule has 2 amide bonds. The Morgan fingerprint density at radius 3 is 1.45 bits per heavy atom. The lowest BCUT2D eigenvalue weighted by atomic mass is 9.82. The number of hydrogen-bond donors (Lipinski definition) is 2. The maximum absolute atomic E-state index is 12.5. The van der Waals surface area contributed by atoms with Gasteiger partial charge < -0.3 is 29.5 Å². The molecule has 3 aliphatic heterocycles. The Morgan fingerprint density at radius 2 is 1.09 bits per heavy atom. The molecule has 3 saturated heterocycles. The number of aliphatic hydroxyl groups is 2. The van der Waals surface area contributed by atoms with Crippen molar-refractivity contribution in [2.45, 2.75) is 69.2 Å². The number of β-lactam (4-membered cyclic amide) rings is 2. The van der Waals surface area contributed by atoms with Crippen LogP contribution in [0.15, 0.2) is 60.7 Å². The summed E-state index contributed by atoms with van der Waals surface area (Å²) in [6, 6.07) is 17.7. The second-order valence-electron chi connectivity index (χ2n) is 9.34. The van der Waals surface area contributed by atoms with Crippen LogP contribution in [0.2, 0.25) is 0 Å². The highest BCUT2D eigenvalue weighted by molar-refractivity contribution is 5.89. The molecule has 3 fully saturated rings. The zero-order valence-corrected chi connectivity index (χ0v) is 18.6. The summed E-state index contributed by atoms with van der Waals surface area (Å²) in [6.45, 7) is 4.16. The van der Waals surface area contributed by atoms with Crippen molar-refractivity contribution in [3.63, 3.8) is 0 Å². The number of ether oxygens (including phenoxy) is 2. The third-order valence-corrected chi connectivity index (χ3v) is 6.67. The van der Waals surface area contributed by atoms with Gasteiger partial charge in [0.05, 0.1) is 12.1 Å². The standard InChI is InChI=1S/C25H28N2O6/c1-25(2)32-21(17-19(28)23(30)26(17)13-15-9-5-3-6-10-15)22(33-25)18-20(29)24(31)27(18)14-16-11-7-4-8-12-16/h3-12,17-22,28-29H,13-14H2,1-2H3/t17-,18-,19-,20-,21+,22+/m1/s1. The molecule has 3 heterocycles. The molecule has 8 heteroatoms. The summed E-state index contributed by atoms with van der Waals surface area (Å²) in [7, 11) is 0. The van der Waals surface area contributed by atoms with Crippen molar-refractivity contribution in [1.29, 1.82) is 0 Å². The van der Waals surface area contributed by atoms with E-state index in [0.717, 1.165) is 11.1 Å². The van der Waals surface area contributed by atoms with Crippen LogP contribution in [0.25, 0.3) is 0 Å². The van der Waals surface area contributed by atoms with Gasteiger partial charge in [0.2, 0.25) is 0 Å². The highest BCUT2D eigenvalue weighted by Gasteiger charge is 2.63. The molecular weight excluding hydrogens is 424 g/mol. The van der Waals surface area contributed by atoms with Crippen LogP contribution in [0.4, 0.5) is 0 Å². The van der Waals surface area contributed by atoms with Gasteiger partial charge in [0.1, 0.15) is 12.2 Å². The molecule has 0 aliphatic carbocycles. The summed E-state index contributed by atoms with van der Waals surface area (Å²) in [5, 5.41) is 21.2. The van der Waals surface area contributed by atoms with E-state index in [9.17, 15) is 19.8 Å². The zero-order chi connectivity index (χ0) is 23.3. The Labute approximate surface area is 192 Å². The first-order chi connectivity index (χ1) is 15.8. The number of nitrogens with zero attached hydrogens (tertiary/aromatic N) is 2. The number of amides is 2. The Kier molecular flexibility index (Phi) is 5.49. The number of carbonyl (C=O) groups excluding carboxylic acids is 2. The lowest BCUT2D eigenvalue weighted by molar-refractivity contribution is -0.190. The summed E-state index contributed by atoms with van der Waals surface area (Å²) < 4.78 is 12.3. The van der Waals surface area contributed by atoms with E-state index in [-0.39, 0.29) is 11.8 Å². The molecule has 0 bridgehead atoms. The zero-order valence-electron chi connectivity index (χ0n) is 18.6. The lowest BCUT2D eigenvalue weighted by Crippen LogP contribution is -2.75. The molecule has 33 heavy (non-hydrogen) atoms. The summed E-state index contributed by atoms with van der Waals surface area (Å²) in [4.78, 5) is 28.2. The van der Waals surface area contributed by atoms with E-state index in [0.29, 0.717) is 13.1 Å². The third-order valence-electron chi connectivity index (χ3n) is 6.67. The van der Waals surface area contributed by atoms with Gasteiger partial charge in [-0.15, -0.1) is 0 Å². The third kappa shape index (κ3) is 3.83. The van der Waals surface area contributed by atoms with E-state index in [1.807, 2.05) is 60.7 Å². The van der Waals surface area contributed by atoms with Gasteiger partial charge in [0.15, 0.2) is 18.0 Å². The summed E-state index contributed by atoms with van der Waals surface area (Å²) in [6.07, 6.45) is -3.87. The SMILES string of the molecule is CC1(C)O[C@@H]([C@H]2[C@@H](O)C(=O)N2Cc2ccccc2)[C@H]([C@H]2[C@@H](O)C(=O)N2Cc2ccccc2)O1. The molecule has 0 radical (unpaired) electrons. The summed E-state index contributed by atoms with van der Waals surface area (Å²) >= 11 is 0. The molecular formula is C25H28N2O6. The van der Waals surface area contributed by atoms with Crippen molar-refractivity contribution in [2.75, 3.05) is 0 Å². The molecule has 3 aliphatic rings. The highest BCUT2D eigenvalue weighted by Crippen LogP contribution is 2.42. The molecule has 0 saturated carbocycles. The van der Waals surface area contributed by atoms with Crippen molar-refractivity contribution < 1.29 is 29.3 Å². The molecule has 5 rings (SSSR count). The highest BCUT2D eigenvalue weighted by atomic mass is 16.8. The van der Waals surface area contributed by atoms with Gasteiger partial charge >= 0.3 is 0 Å². The van der Waals surface area contributed by atoms with Crippen molar-refractivity contribution >= 4 is 11.8 Å². The largest absolute Gasteiger partial charge is 0.381 e. The van der Waals surface area contributed by atoms with Gasteiger partial charge in [-0.1, -0.05) is 60.7 Å². The number of hydrogen-bond acceptors (Lipinski definition) is 6. The maximum atomic E-state index is 12.5. The van der Waals surface area contributed by atoms with Gasteiger partial charge in [-0.05, 0) is 25.0 Å². The van der Waals surface area contributed by atoms with E-state index in [1.165, 1.54) is 0 Å². The molecule has 0 spiro atoms. The molecule has 2 aromatic carbocycles. The topological polar surface area (TPSA) is 99.5 Å². The number of benzene rings is 2. The molecule has 174 valence electrons. The fourth-order valence-electron chi connectivity index (χ4n) is 5.09. The van der Waals surface area contributed by atoms with Gasteiger partial charge in [0.25, 0.3) is 11.8 Å². The van der Waals surface area contributed by atoms with E-state index in [1.54, 1.807) is 23.6 Å². The monoisotopic (exact) mass is 452 g/mol. The van der Waals surface area contributed by atoms with E-state index >= 15 is 0 Å².